The molecule has 0 amide bonds. The molecule has 0 radical (unpaired) electrons. The fraction of sp³-hybridized carbons (Fsp3) is 0.684. The van der Waals surface area contributed by atoms with E-state index in [9.17, 15) is 0 Å². The van der Waals surface area contributed by atoms with Gasteiger partial charge in [0.25, 0.3) is 0 Å². The molecule has 0 aromatic carbocycles. The summed E-state index contributed by atoms with van der Waals surface area (Å²) in [5.74, 6) is 1.55. The lowest BCUT2D eigenvalue weighted by molar-refractivity contribution is -0.0983. The third-order valence-corrected chi connectivity index (χ3v) is 4.35. The fourth-order valence-corrected chi connectivity index (χ4v) is 2.90. The summed E-state index contributed by atoms with van der Waals surface area (Å²) in [5, 5.41) is 12.4. The standard InChI is InChI=1S/C19H36N4O2/c1-8-20-18-17(16(5)21(6)12-10-14-24)23(13-11-15(3)4)19(22(18)7)25-9-2/h8,15,19-20,24H,1,5,9-14H2,2-4,6-7H3. The van der Waals surface area contributed by atoms with Gasteiger partial charge in [0.15, 0.2) is 0 Å². The molecule has 1 aliphatic heterocycles. The molecule has 0 aromatic rings. The van der Waals surface area contributed by atoms with Crippen LogP contribution in [0, 0.1) is 5.92 Å². The van der Waals surface area contributed by atoms with E-state index in [1.165, 1.54) is 0 Å². The third-order valence-electron chi connectivity index (χ3n) is 4.35. The maximum Gasteiger partial charge on any atom is 0.211 e. The van der Waals surface area contributed by atoms with Crippen LogP contribution in [0.5, 0.6) is 0 Å². The molecule has 1 heterocycles. The Labute approximate surface area is 153 Å². The van der Waals surface area contributed by atoms with Gasteiger partial charge in [0.1, 0.15) is 11.5 Å². The van der Waals surface area contributed by atoms with Gasteiger partial charge in [-0.3, -0.25) is 0 Å². The number of likely N-dealkylation sites (N-methyl/N-ethyl adjacent to an activating group) is 1. The third kappa shape index (κ3) is 5.41. The number of nitrogens with one attached hydrogen (secondary N) is 1. The summed E-state index contributed by atoms with van der Waals surface area (Å²) < 4.78 is 6.01. The van der Waals surface area contributed by atoms with E-state index in [2.05, 4.69) is 47.0 Å². The Morgan fingerprint density at radius 3 is 2.68 bits per heavy atom. The van der Waals surface area contributed by atoms with Crippen LogP contribution in [0.25, 0.3) is 0 Å². The van der Waals surface area contributed by atoms with Gasteiger partial charge in [-0.1, -0.05) is 27.0 Å². The van der Waals surface area contributed by atoms with Crippen LogP contribution < -0.4 is 5.32 Å². The summed E-state index contributed by atoms with van der Waals surface area (Å²) in [5.41, 5.74) is 1.94. The second-order valence-corrected chi connectivity index (χ2v) is 6.76. The summed E-state index contributed by atoms with van der Waals surface area (Å²) in [6.07, 6.45) is 3.30. The smallest absolute Gasteiger partial charge is 0.211 e. The van der Waals surface area contributed by atoms with Gasteiger partial charge in [0, 0.05) is 40.4 Å². The zero-order valence-electron chi connectivity index (χ0n) is 16.6. The van der Waals surface area contributed by atoms with Crippen molar-refractivity contribution in [3.05, 3.63) is 36.6 Å². The van der Waals surface area contributed by atoms with Crippen LogP contribution in [-0.4, -0.2) is 66.6 Å². The van der Waals surface area contributed by atoms with Gasteiger partial charge in [0.05, 0.1) is 5.70 Å². The van der Waals surface area contributed by atoms with E-state index >= 15 is 0 Å². The molecule has 0 fully saturated rings. The highest BCUT2D eigenvalue weighted by atomic mass is 16.5. The van der Waals surface area contributed by atoms with Gasteiger partial charge in [0.2, 0.25) is 6.35 Å². The second-order valence-electron chi connectivity index (χ2n) is 6.76. The van der Waals surface area contributed by atoms with Gasteiger partial charge in [-0.15, -0.1) is 0 Å². The Hall–Kier alpha value is -1.66. The molecule has 0 aromatic heterocycles. The lowest BCUT2D eigenvalue weighted by Gasteiger charge is -2.34. The van der Waals surface area contributed by atoms with Crippen molar-refractivity contribution < 1.29 is 9.84 Å². The van der Waals surface area contributed by atoms with E-state index in [4.69, 9.17) is 9.84 Å². The molecule has 6 heteroatoms. The lowest BCUT2D eigenvalue weighted by atomic mass is 10.1. The maximum atomic E-state index is 9.12. The minimum Gasteiger partial charge on any atom is -0.396 e. The van der Waals surface area contributed by atoms with Crippen molar-refractivity contribution in [1.82, 2.24) is 20.0 Å². The fourth-order valence-electron chi connectivity index (χ4n) is 2.90. The van der Waals surface area contributed by atoms with Crippen molar-refractivity contribution in [3.63, 3.8) is 0 Å². The first-order valence-electron chi connectivity index (χ1n) is 9.13. The number of rotatable bonds is 12. The second kappa shape index (κ2) is 10.4. The average molecular weight is 353 g/mol. The van der Waals surface area contributed by atoms with Crippen molar-refractivity contribution in [2.24, 2.45) is 5.92 Å². The van der Waals surface area contributed by atoms with Crippen LogP contribution in [0.4, 0.5) is 0 Å². The molecule has 1 atom stereocenters. The zero-order valence-corrected chi connectivity index (χ0v) is 16.6. The monoisotopic (exact) mass is 352 g/mol. The molecule has 0 spiro atoms. The van der Waals surface area contributed by atoms with Gasteiger partial charge >= 0.3 is 0 Å². The first-order valence-corrected chi connectivity index (χ1v) is 9.13. The van der Waals surface area contributed by atoms with E-state index in [1.807, 2.05) is 21.0 Å². The Morgan fingerprint density at radius 2 is 2.16 bits per heavy atom. The van der Waals surface area contributed by atoms with Crippen molar-refractivity contribution in [2.75, 3.05) is 40.4 Å². The minimum absolute atomic E-state index is 0.163. The molecule has 1 rings (SSSR count). The Morgan fingerprint density at radius 1 is 1.48 bits per heavy atom. The lowest BCUT2D eigenvalue weighted by Crippen LogP contribution is -2.43. The summed E-state index contributed by atoms with van der Waals surface area (Å²) in [4.78, 5) is 6.44. The normalized spacial score (nSPS) is 17.5. The van der Waals surface area contributed by atoms with Crippen LogP contribution in [0.3, 0.4) is 0 Å². The van der Waals surface area contributed by atoms with Crippen molar-refractivity contribution in [3.8, 4) is 0 Å². The largest absolute Gasteiger partial charge is 0.396 e. The van der Waals surface area contributed by atoms with Crippen molar-refractivity contribution >= 4 is 0 Å². The molecule has 1 unspecified atom stereocenters. The molecule has 6 nitrogen and oxygen atoms in total. The van der Waals surface area contributed by atoms with Crippen LogP contribution in [-0.2, 0) is 4.74 Å². The molecule has 0 saturated heterocycles. The molecule has 0 aliphatic carbocycles. The number of ether oxygens (including phenoxy) is 1. The molecule has 1 aliphatic rings. The number of aliphatic hydroxyl groups is 1. The SMILES string of the molecule is C=CNC1=C(C(=C)N(C)CCCO)N(CCC(C)C)C(OCC)N1C. The first-order chi connectivity index (χ1) is 11.9. The minimum atomic E-state index is -0.163. The highest BCUT2D eigenvalue weighted by Gasteiger charge is 2.38. The van der Waals surface area contributed by atoms with Crippen LogP contribution in [0.15, 0.2) is 36.6 Å². The highest BCUT2D eigenvalue weighted by molar-refractivity contribution is 5.34. The summed E-state index contributed by atoms with van der Waals surface area (Å²) in [6, 6.07) is 0. The number of nitrogens with zero attached hydrogens (tertiary/aromatic N) is 3. The van der Waals surface area contributed by atoms with Gasteiger partial charge in [-0.25, -0.2) is 0 Å². The molecule has 0 saturated carbocycles. The number of hydrogen-bond acceptors (Lipinski definition) is 6. The van der Waals surface area contributed by atoms with Gasteiger partial charge in [-0.05, 0) is 31.9 Å². The summed E-state index contributed by atoms with van der Waals surface area (Å²) in [6.45, 7) is 17.0. The Balaban J connectivity index is 3.17. The molecular formula is C19H36N4O2. The maximum absolute atomic E-state index is 9.12. The molecule has 25 heavy (non-hydrogen) atoms. The Kier molecular flexibility index (Phi) is 8.86. The van der Waals surface area contributed by atoms with E-state index in [1.54, 1.807) is 6.20 Å². The predicted molar refractivity (Wildman–Crippen MR) is 103 cm³/mol. The predicted octanol–water partition coefficient (Wildman–Crippen LogP) is 2.33. The summed E-state index contributed by atoms with van der Waals surface area (Å²) >= 11 is 0. The average Bonchev–Trinajstić information content (AvgIpc) is 2.83. The van der Waals surface area contributed by atoms with E-state index < -0.39 is 0 Å². The first kappa shape index (κ1) is 21.4. The highest BCUT2D eigenvalue weighted by Crippen LogP contribution is 2.33. The van der Waals surface area contributed by atoms with E-state index in [-0.39, 0.29) is 13.0 Å². The quantitative estimate of drug-likeness (QED) is 0.562. The van der Waals surface area contributed by atoms with Crippen LogP contribution >= 0.6 is 0 Å². The van der Waals surface area contributed by atoms with Crippen LogP contribution in [0.2, 0.25) is 0 Å². The van der Waals surface area contributed by atoms with Crippen LogP contribution in [0.1, 0.15) is 33.6 Å². The molecular weight excluding hydrogens is 316 g/mol. The van der Waals surface area contributed by atoms with Gasteiger partial charge in [-0.2, -0.15) is 0 Å². The zero-order chi connectivity index (χ0) is 19.0. The van der Waals surface area contributed by atoms with Gasteiger partial charge < -0.3 is 29.9 Å². The van der Waals surface area contributed by atoms with E-state index in [0.29, 0.717) is 18.9 Å². The number of hydrogen-bond donors (Lipinski definition) is 2. The number of aliphatic hydroxyl groups excluding tert-OH is 1. The molecule has 2 N–H and O–H groups in total. The molecule has 0 bridgehead atoms. The summed E-state index contributed by atoms with van der Waals surface area (Å²) in [7, 11) is 4.02. The van der Waals surface area contributed by atoms with Crippen molar-refractivity contribution in [1.29, 1.82) is 0 Å². The Bertz CT molecular complexity index is 476. The molecule has 144 valence electrons. The van der Waals surface area contributed by atoms with Crippen molar-refractivity contribution in [2.45, 2.75) is 40.0 Å². The van der Waals surface area contributed by atoms with E-state index in [0.717, 1.165) is 36.7 Å². The topological polar surface area (TPSA) is 51.2 Å².